The first-order valence-electron chi connectivity index (χ1n) is 8.95. The molecule has 27 heavy (non-hydrogen) atoms. The van der Waals surface area contributed by atoms with Crippen molar-refractivity contribution in [2.45, 2.75) is 31.8 Å². The summed E-state index contributed by atoms with van der Waals surface area (Å²) in [5.41, 5.74) is 2.30. The lowest BCUT2D eigenvalue weighted by atomic mass is 10.1. The molecule has 3 aromatic rings. The van der Waals surface area contributed by atoms with Crippen LogP contribution < -0.4 is 16.6 Å². The van der Waals surface area contributed by atoms with Gasteiger partial charge in [0, 0.05) is 27.1 Å². The SMILES string of the molecule is Cn1c(=O)c2c(ncn2CCC(=O)N[C@@H]2CCc3ccccc32)n(C)c1=O. The molecule has 0 saturated carbocycles. The van der Waals surface area contributed by atoms with Crippen LogP contribution in [-0.4, -0.2) is 24.6 Å². The highest BCUT2D eigenvalue weighted by molar-refractivity contribution is 5.77. The van der Waals surface area contributed by atoms with Gasteiger partial charge in [-0.15, -0.1) is 0 Å². The fourth-order valence-corrected chi connectivity index (χ4v) is 3.76. The number of amides is 1. The molecule has 1 N–H and O–H groups in total. The number of benzene rings is 1. The van der Waals surface area contributed by atoms with E-state index in [-0.39, 0.29) is 18.4 Å². The Kier molecular flexibility index (Phi) is 4.18. The molecule has 0 radical (unpaired) electrons. The van der Waals surface area contributed by atoms with Crippen molar-refractivity contribution < 1.29 is 4.79 Å². The van der Waals surface area contributed by atoms with Gasteiger partial charge in [-0.3, -0.25) is 18.7 Å². The minimum atomic E-state index is -0.421. The molecule has 0 spiro atoms. The van der Waals surface area contributed by atoms with Crippen LogP contribution in [0.1, 0.15) is 30.0 Å². The number of carbonyl (C=O) groups excluding carboxylic acids is 1. The van der Waals surface area contributed by atoms with E-state index in [0.29, 0.717) is 17.7 Å². The molecule has 0 saturated heterocycles. The molecule has 0 aliphatic heterocycles. The van der Waals surface area contributed by atoms with Gasteiger partial charge < -0.3 is 9.88 Å². The smallest absolute Gasteiger partial charge is 0.332 e. The highest BCUT2D eigenvalue weighted by atomic mass is 16.2. The van der Waals surface area contributed by atoms with E-state index < -0.39 is 11.2 Å². The van der Waals surface area contributed by atoms with Crippen LogP contribution in [-0.2, 0) is 31.9 Å². The van der Waals surface area contributed by atoms with Crippen LogP contribution >= 0.6 is 0 Å². The summed E-state index contributed by atoms with van der Waals surface area (Å²) >= 11 is 0. The summed E-state index contributed by atoms with van der Waals surface area (Å²) < 4.78 is 4.03. The maximum atomic E-state index is 12.4. The van der Waals surface area contributed by atoms with Crippen molar-refractivity contribution in [1.29, 1.82) is 0 Å². The van der Waals surface area contributed by atoms with Gasteiger partial charge in [-0.05, 0) is 24.0 Å². The Bertz CT molecular complexity index is 1150. The van der Waals surface area contributed by atoms with Crippen LogP contribution in [0.5, 0.6) is 0 Å². The Morgan fingerprint density at radius 2 is 2.00 bits per heavy atom. The van der Waals surface area contributed by atoms with E-state index in [0.717, 1.165) is 17.4 Å². The fourth-order valence-electron chi connectivity index (χ4n) is 3.76. The summed E-state index contributed by atoms with van der Waals surface area (Å²) in [5.74, 6) is -0.0693. The van der Waals surface area contributed by atoms with Gasteiger partial charge >= 0.3 is 5.69 Å². The first-order valence-corrected chi connectivity index (χ1v) is 8.95. The number of aryl methyl sites for hydroxylation is 3. The normalized spacial score (nSPS) is 15.9. The first kappa shape index (κ1) is 17.3. The van der Waals surface area contributed by atoms with E-state index in [1.54, 1.807) is 11.6 Å². The lowest BCUT2D eigenvalue weighted by Crippen LogP contribution is -2.37. The molecular weight excluding hydrogens is 346 g/mol. The molecule has 4 rings (SSSR count). The zero-order valence-corrected chi connectivity index (χ0v) is 15.3. The third-order valence-corrected chi connectivity index (χ3v) is 5.27. The Hall–Kier alpha value is -3.16. The second-order valence-corrected chi connectivity index (χ2v) is 6.92. The van der Waals surface area contributed by atoms with Crippen molar-refractivity contribution in [3.05, 3.63) is 62.6 Å². The molecule has 1 atom stereocenters. The third-order valence-electron chi connectivity index (χ3n) is 5.27. The zero-order chi connectivity index (χ0) is 19.1. The van der Waals surface area contributed by atoms with Crippen LogP contribution in [0.2, 0.25) is 0 Å². The molecule has 1 aliphatic carbocycles. The molecule has 8 heteroatoms. The molecule has 1 amide bonds. The lowest BCUT2D eigenvalue weighted by Gasteiger charge is -2.14. The van der Waals surface area contributed by atoms with Crippen molar-refractivity contribution in [3.8, 4) is 0 Å². The van der Waals surface area contributed by atoms with Crippen molar-refractivity contribution >= 4 is 17.1 Å². The number of nitrogens with one attached hydrogen (secondary N) is 1. The van der Waals surface area contributed by atoms with E-state index >= 15 is 0 Å². The summed E-state index contributed by atoms with van der Waals surface area (Å²) in [5, 5.41) is 3.08. The largest absolute Gasteiger partial charge is 0.349 e. The molecule has 2 aromatic heterocycles. The summed E-state index contributed by atoms with van der Waals surface area (Å²) in [6.45, 7) is 0.324. The van der Waals surface area contributed by atoms with Gasteiger partial charge in [0.05, 0.1) is 12.4 Å². The molecule has 0 bridgehead atoms. The van der Waals surface area contributed by atoms with Crippen LogP contribution in [0.25, 0.3) is 11.2 Å². The standard InChI is InChI=1S/C19H21N5O3/c1-22-17-16(18(26)23(2)19(22)27)24(11-20-17)10-9-15(25)21-14-8-7-12-5-3-4-6-13(12)14/h3-6,11,14H,7-10H2,1-2H3,(H,21,25)/t14-/m1/s1. The van der Waals surface area contributed by atoms with Crippen molar-refractivity contribution in [3.63, 3.8) is 0 Å². The van der Waals surface area contributed by atoms with E-state index in [1.165, 1.54) is 29.1 Å². The summed E-state index contributed by atoms with van der Waals surface area (Å²) in [6, 6.07) is 8.20. The molecule has 8 nitrogen and oxygen atoms in total. The summed E-state index contributed by atoms with van der Waals surface area (Å²) in [4.78, 5) is 41.0. The van der Waals surface area contributed by atoms with E-state index in [1.807, 2.05) is 12.1 Å². The number of nitrogens with zero attached hydrogens (tertiary/aromatic N) is 4. The van der Waals surface area contributed by atoms with Crippen LogP contribution in [0.15, 0.2) is 40.2 Å². The number of hydrogen-bond acceptors (Lipinski definition) is 4. The highest BCUT2D eigenvalue weighted by Gasteiger charge is 2.23. The predicted octanol–water partition coefficient (Wildman–Crippen LogP) is 0.627. The minimum Gasteiger partial charge on any atom is -0.349 e. The fraction of sp³-hybridized carbons (Fsp3) is 0.368. The zero-order valence-electron chi connectivity index (χ0n) is 15.3. The molecule has 0 fully saturated rings. The average molecular weight is 367 g/mol. The van der Waals surface area contributed by atoms with E-state index in [2.05, 4.69) is 22.4 Å². The second-order valence-electron chi connectivity index (χ2n) is 6.92. The Morgan fingerprint density at radius 3 is 2.81 bits per heavy atom. The van der Waals surface area contributed by atoms with Crippen LogP contribution in [0.3, 0.4) is 0 Å². The number of carbonyl (C=O) groups is 1. The van der Waals surface area contributed by atoms with Gasteiger partial charge in [-0.2, -0.15) is 0 Å². The molecular formula is C19H21N5O3. The molecule has 140 valence electrons. The molecule has 2 heterocycles. The van der Waals surface area contributed by atoms with Crippen LogP contribution in [0, 0.1) is 0 Å². The number of imidazole rings is 1. The van der Waals surface area contributed by atoms with E-state index in [4.69, 9.17) is 0 Å². The Balaban J connectivity index is 1.51. The summed E-state index contributed by atoms with van der Waals surface area (Å²) in [7, 11) is 3.01. The predicted molar refractivity (Wildman–Crippen MR) is 100 cm³/mol. The Labute approximate surface area is 155 Å². The van der Waals surface area contributed by atoms with Gasteiger partial charge in [0.25, 0.3) is 5.56 Å². The second kappa shape index (κ2) is 6.53. The van der Waals surface area contributed by atoms with Crippen molar-refractivity contribution in [2.75, 3.05) is 0 Å². The highest BCUT2D eigenvalue weighted by Crippen LogP contribution is 2.30. The van der Waals surface area contributed by atoms with E-state index in [9.17, 15) is 14.4 Å². The maximum absolute atomic E-state index is 12.4. The first-order chi connectivity index (χ1) is 13.0. The number of aromatic nitrogens is 4. The minimum absolute atomic E-state index is 0.0434. The van der Waals surface area contributed by atoms with Crippen LogP contribution in [0.4, 0.5) is 0 Å². The maximum Gasteiger partial charge on any atom is 0.332 e. The number of hydrogen-bond donors (Lipinski definition) is 1. The molecule has 1 aromatic carbocycles. The quantitative estimate of drug-likeness (QED) is 0.732. The number of rotatable bonds is 4. The summed E-state index contributed by atoms with van der Waals surface area (Å²) in [6.07, 6.45) is 3.61. The van der Waals surface area contributed by atoms with Gasteiger partial charge in [0.15, 0.2) is 11.2 Å². The van der Waals surface area contributed by atoms with Gasteiger partial charge in [0.2, 0.25) is 5.91 Å². The molecule has 1 aliphatic rings. The van der Waals surface area contributed by atoms with Crippen molar-refractivity contribution in [1.82, 2.24) is 24.0 Å². The number of fused-ring (bicyclic) bond motifs is 2. The van der Waals surface area contributed by atoms with Gasteiger partial charge in [0.1, 0.15) is 0 Å². The topological polar surface area (TPSA) is 90.9 Å². The average Bonchev–Trinajstić information content (AvgIpc) is 3.28. The Morgan fingerprint density at radius 1 is 1.22 bits per heavy atom. The lowest BCUT2D eigenvalue weighted by molar-refractivity contribution is -0.122. The van der Waals surface area contributed by atoms with Gasteiger partial charge in [-0.1, -0.05) is 24.3 Å². The third kappa shape index (κ3) is 2.87. The monoisotopic (exact) mass is 367 g/mol. The van der Waals surface area contributed by atoms with Gasteiger partial charge in [-0.25, -0.2) is 9.78 Å². The molecule has 0 unspecified atom stereocenters. The van der Waals surface area contributed by atoms with Crippen molar-refractivity contribution in [2.24, 2.45) is 14.1 Å².